The highest BCUT2D eigenvalue weighted by Gasteiger charge is 2.85. The monoisotopic (exact) mass is 694 g/mol. The van der Waals surface area contributed by atoms with Crippen molar-refractivity contribution in [1.82, 2.24) is 0 Å². The van der Waals surface area contributed by atoms with Gasteiger partial charge in [0.05, 0.1) is 17.8 Å². The van der Waals surface area contributed by atoms with Crippen LogP contribution in [-0.4, -0.2) is 104 Å². The summed E-state index contributed by atoms with van der Waals surface area (Å²) < 4.78 is 18.1. The zero-order valence-electron chi connectivity index (χ0n) is 30.7. The summed E-state index contributed by atoms with van der Waals surface area (Å²) >= 11 is 0. The Morgan fingerprint density at radius 2 is 1.67 bits per heavy atom. The van der Waals surface area contributed by atoms with Gasteiger partial charge in [-0.15, -0.1) is 0 Å². The van der Waals surface area contributed by atoms with Crippen molar-refractivity contribution < 1.29 is 54.4 Å². The first kappa shape index (κ1) is 37.6. The summed E-state index contributed by atoms with van der Waals surface area (Å²) in [5.41, 5.74) is -2.55. The van der Waals surface area contributed by atoms with Crippen LogP contribution in [0.5, 0.6) is 0 Å². The number of Topliss-reactive ketones (excluding diaryl/α,β-unsaturated/α-hetero) is 1. The Morgan fingerprint density at radius 3 is 2.31 bits per heavy atom. The lowest BCUT2D eigenvalue weighted by Gasteiger charge is -2.68. The molecule has 5 saturated carbocycles. The van der Waals surface area contributed by atoms with Crippen molar-refractivity contribution in [1.29, 1.82) is 0 Å². The molecule has 0 bridgehead atoms. The first-order valence-corrected chi connectivity index (χ1v) is 18.7. The van der Waals surface area contributed by atoms with Crippen LogP contribution in [0.2, 0.25) is 0 Å². The average molecular weight is 695 g/mol. The van der Waals surface area contributed by atoms with Gasteiger partial charge in [-0.1, -0.05) is 34.6 Å². The molecule has 16 unspecified atom stereocenters. The number of aliphatic hydroxyl groups is 6. The third kappa shape index (κ3) is 5.41. The number of hydrogen-bond donors (Lipinski definition) is 6. The number of carbonyl (C=O) groups is 2. The molecule has 49 heavy (non-hydrogen) atoms. The Morgan fingerprint density at radius 1 is 1.00 bits per heavy atom. The van der Waals surface area contributed by atoms with Gasteiger partial charge in [0.1, 0.15) is 42.9 Å². The molecule has 5 aliphatic carbocycles. The highest BCUT2D eigenvalue weighted by molar-refractivity contribution is 5.85. The van der Waals surface area contributed by atoms with Gasteiger partial charge in [0.25, 0.3) is 0 Å². The molecule has 0 aromatic heterocycles. The third-order valence-electron chi connectivity index (χ3n) is 15.7. The fourth-order valence-electron chi connectivity index (χ4n) is 13.1. The number of fused-ring (bicyclic) bond motifs is 3. The predicted molar refractivity (Wildman–Crippen MR) is 178 cm³/mol. The lowest BCUT2D eigenvalue weighted by molar-refractivity contribution is -0.341. The SMILES string of the molecule is CC(=O)OCC1OC(OC2CC3C(C)(C)C(=O)CCC3(C)C3CCC45CC4(CCC5C(C)CC(O)C(O)C(C)(C)O)C23C)C(O)C(O)C1O. The second kappa shape index (κ2) is 12.2. The summed E-state index contributed by atoms with van der Waals surface area (Å²) in [5, 5.41) is 64.8. The molecule has 16 atom stereocenters. The van der Waals surface area contributed by atoms with Crippen molar-refractivity contribution in [2.75, 3.05) is 6.61 Å². The minimum absolute atomic E-state index is 0.0154. The lowest BCUT2D eigenvalue weighted by Crippen LogP contribution is -2.68. The van der Waals surface area contributed by atoms with Crippen molar-refractivity contribution in [3.05, 3.63) is 0 Å². The van der Waals surface area contributed by atoms with Crippen molar-refractivity contribution in [3.63, 3.8) is 0 Å². The molecular weight excluding hydrogens is 632 g/mol. The summed E-state index contributed by atoms with van der Waals surface area (Å²) in [7, 11) is 0. The Balaban J connectivity index is 1.34. The maximum atomic E-state index is 13.5. The molecule has 1 aliphatic heterocycles. The van der Waals surface area contributed by atoms with Crippen molar-refractivity contribution in [2.24, 2.45) is 50.7 Å². The highest BCUT2D eigenvalue weighted by atomic mass is 16.7. The number of ether oxygens (including phenoxy) is 3. The van der Waals surface area contributed by atoms with E-state index >= 15 is 0 Å². The topological polar surface area (TPSA) is 183 Å². The first-order chi connectivity index (χ1) is 22.6. The Bertz CT molecular complexity index is 1300. The van der Waals surface area contributed by atoms with Gasteiger partial charge in [-0.2, -0.15) is 0 Å². The number of aliphatic hydroxyl groups excluding tert-OH is 5. The van der Waals surface area contributed by atoms with Crippen LogP contribution in [0.1, 0.15) is 113 Å². The van der Waals surface area contributed by atoms with Crippen LogP contribution < -0.4 is 0 Å². The number of rotatable bonds is 9. The van der Waals surface area contributed by atoms with E-state index in [1.165, 1.54) is 20.8 Å². The zero-order valence-corrected chi connectivity index (χ0v) is 30.7. The molecule has 0 aromatic rings. The summed E-state index contributed by atoms with van der Waals surface area (Å²) in [4.78, 5) is 25.0. The predicted octanol–water partition coefficient (Wildman–Crippen LogP) is 2.88. The van der Waals surface area contributed by atoms with Gasteiger partial charge in [0.15, 0.2) is 6.29 Å². The Labute approximate surface area is 291 Å². The number of carbonyl (C=O) groups excluding carboxylic acids is 2. The van der Waals surface area contributed by atoms with Crippen LogP contribution in [0.3, 0.4) is 0 Å². The molecule has 1 heterocycles. The third-order valence-corrected chi connectivity index (χ3v) is 15.7. The molecule has 0 amide bonds. The smallest absolute Gasteiger partial charge is 0.302 e. The molecular formula is C38H62O11. The van der Waals surface area contributed by atoms with Gasteiger partial charge in [-0.05, 0) is 105 Å². The molecule has 6 N–H and O–H groups in total. The molecule has 0 spiro atoms. The van der Waals surface area contributed by atoms with Crippen LogP contribution in [-0.2, 0) is 23.8 Å². The molecule has 280 valence electrons. The first-order valence-electron chi connectivity index (χ1n) is 18.7. The molecule has 6 rings (SSSR count). The number of ketones is 1. The van der Waals surface area contributed by atoms with E-state index in [9.17, 15) is 40.2 Å². The second-order valence-corrected chi connectivity index (χ2v) is 18.7. The van der Waals surface area contributed by atoms with E-state index in [2.05, 4.69) is 34.6 Å². The maximum absolute atomic E-state index is 13.5. The van der Waals surface area contributed by atoms with Crippen LogP contribution >= 0.6 is 0 Å². The van der Waals surface area contributed by atoms with E-state index in [4.69, 9.17) is 14.2 Å². The van der Waals surface area contributed by atoms with Gasteiger partial charge in [0, 0.05) is 24.2 Å². The molecule has 6 fully saturated rings. The Hall–Kier alpha value is -1.18. The van der Waals surface area contributed by atoms with E-state index in [0.29, 0.717) is 25.2 Å². The van der Waals surface area contributed by atoms with Crippen LogP contribution in [0.25, 0.3) is 0 Å². The van der Waals surface area contributed by atoms with Crippen molar-refractivity contribution in [3.8, 4) is 0 Å². The standard InChI is InChI=1S/C38H62O11/c1-19(15-22(40)31(45)34(5,6)46)21-9-14-38-18-37(21,38)13-10-24-35(7)12-11-26(41)33(3,4)25(35)16-27(36(24,38)8)49-32-30(44)29(43)28(42)23(48-32)17-47-20(2)39/h19,21-25,27-32,40,42-46H,9-18H2,1-8H3. The average Bonchev–Trinajstić information content (AvgIpc) is 3.58. The van der Waals surface area contributed by atoms with E-state index in [-0.39, 0.29) is 51.8 Å². The van der Waals surface area contributed by atoms with Crippen LogP contribution in [0, 0.1) is 50.7 Å². The van der Waals surface area contributed by atoms with E-state index in [1.807, 2.05) is 0 Å². The molecule has 11 heteroatoms. The quantitative estimate of drug-likeness (QED) is 0.154. The molecule has 1 saturated heterocycles. The fraction of sp³-hybridized carbons (Fsp3) is 0.947. The van der Waals surface area contributed by atoms with Gasteiger partial charge in [-0.3, -0.25) is 9.59 Å². The number of hydrogen-bond acceptors (Lipinski definition) is 11. The highest BCUT2D eigenvalue weighted by Crippen LogP contribution is 2.91. The number of esters is 1. The van der Waals surface area contributed by atoms with Crippen molar-refractivity contribution >= 4 is 11.8 Å². The fourth-order valence-corrected chi connectivity index (χ4v) is 13.1. The van der Waals surface area contributed by atoms with Gasteiger partial charge >= 0.3 is 5.97 Å². The minimum Gasteiger partial charge on any atom is -0.463 e. The summed E-state index contributed by atoms with van der Waals surface area (Å²) in [6, 6.07) is 0. The lowest BCUT2D eigenvalue weighted by atomic mass is 9.37. The van der Waals surface area contributed by atoms with Crippen molar-refractivity contribution in [2.45, 2.75) is 168 Å². The van der Waals surface area contributed by atoms with E-state index < -0.39 is 66.0 Å². The normalized spacial score (nSPS) is 49.1. The summed E-state index contributed by atoms with van der Waals surface area (Å²) in [6.07, 6.45) is -2.42. The molecule has 11 nitrogen and oxygen atoms in total. The van der Waals surface area contributed by atoms with E-state index in [0.717, 1.165) is 38.5 Å². The van der Waals surface area contributed by atoms with Gasteiger partial charge in [0.2, 0.25) is 0 Å². The molecule has 0 radical (unpaired) electrons. The minimum atomic E-state index is -1.57. The zero-order chi connectivity index (χ0) is 36.3. The van der Waals surface area contributed by atoms with Crippen LogP contribution in [0.15, 0.2) is 0 Å². The molecule has 6 aliphatic rings. The van der Waals surface area contributed by atoms with E-state index in [1.54, 1.807) is 0 Å². The molecule has 0 aromatic carbocycles. The second-order valence-electron chi connectivity index (χ2n) is 18.7. The Kier molecular flexibility index (Phi) is 9.34. The summed E-state index contributed by atoms with van der Waals surface area (Å²) in [6.45, 7) is 15.0. The van der Waals surface area contributed by atoms with Gasteiger partial charge < -0.3 is 44.8 Å². The van der Waals surface area contributed by atoms with Crippen LogP contribution in [0.4, 0.5) is 0 Å². The maximum Gasteiger partial charge on any atom is 0.302 e. The van der Waals surface area contributed by atoms with Gasteiger partial charge in [-0.25, -0.2) is 0 Å². The summed E-state index contributed by atoms with van der Waals surface area (Å²) in [5.74, 6) is 0.356. The largest absolute Gasteiger partial charge is 0.463 e.